The quantitative estimate of drug-likeness (QED) is 0.851. The zero-order chi connectivity index (χ0) is 13.0. The molecule has 1 atom stereocenters. The highest BCUT2D eigenvalue weighted by atomic mass is 127. The minimum absolute atomic E-state index is 0.0223. The van der Waals surface area contributed by atoms with E-state index in [9.17, 15) is 9.90 Å². The molecule has 0 spiro atoms. The highest BCUT2D eigenvalue weighted by Gasteiger charge is 2.21. The zero-order valence-corrected chi connectivity index (χ0v) is 12.5. The first-order valence-corrected chi connectivity index (χ1v) is 6.75. The molecule has 1 unspecified atom stereocenters. The molecular weight excluding hydrogens is 329 g/mol. The molecule has 0 bridgehead atoms. The van der Waals surface area contributed by atoms with Crippen LogP contribution in [0.3, 0.4) is 0 Å². The number of aliphatic hydroxyl groups is 1. The maximum Gasteiger partial charge on any atom is 0.255 e. The van der Waals surface area contributed by atoms with Gasteiger partial charge in [0.2, 0.25) is 0 Å². The zero-order valence-electron chi connectivity index (χ0n) is 10.4. The van der Waals surface area contributed by atoms with Crippen LogP contribution in [0.2, 0.25) is 0 Å². The summed E-state index contributed by atoms with van der Waals surface area (Å²) in [6, 6.07) is 7.58. The van der Waals surface area contributed by atoms with Crippen molar-refractivity contribution in [1.82, 2.24) is 4.90 Å². The van der Waals surface area contributed by atoms with Crippen molar-refractivity contribution in [2.45, 2.75) is 32.9 Å². The van der Waals surface area contributed by atoms with Gasteiger partial charge >= 0.3 is 0 Å². The topological polar surface area (TPSA) is 40.5 Å². The Morgan fingerprint density at radius 1 is 1.35 bits per heavy atom. The predicted octanol–water partition coefficient (Wildman–Crippen LogP) is 2.52. The molecule has 1 aromatic rings. The lowest BCUT2D eigenvalue weighted by Gasteiger charge is -2.28. The van der Waals surface area contributed by atoms with Gasteiger partial charge in [-0.25, -0.2) is 0 Å². The molecule has 0 aromatic heterocycles. The summed E-state index contributed by atoms with van der Waals surface area (Å²) in [7, 11) is 0. The fourth-order valence-electron chi connectivity index (χ4n) is 1.60. The Kier molecular flexibility index (Phi) is 5.39. The summed E-state index contributed by atoms with van der Waals surface area (Å²) in [5.41, 5.74) is 0.697. The minimum atomic E-state index is -0.511. The van der Waals surface area contributed by atoms with Gasteiger partial charge in [0.25, 0.3) is 5.91 Å². The molecule has 1 amide bonds. The van der Waals surface area contributed by atoms with Crippen molar-refractivity contribution in [1.29, 1.82) is 0 Å². The van der Waals surface area contributed by atoms with Crippen LogP contribution in [-0.4, -0.2) is 34.6 Å². The van der Waals surface area contributed by atoms with E-state index in [4.69, 9.17) is 0 Å². The Labute approximate surface area is 116 Å². The number of benzene rings is 1. The van der Waals surface area contributed by atoms with Crippen LogP contribution in [-0.2, 0) is 0 Å². The summed E-state index contributed by atoms with van der Waals surface area (Å²) in [5.74, 6) is -0.0223. The molecule has 0 aliphatic heterocycles. The van der Waals surface area contributed by atoms with E-state index in [1.54, 1.807) is 11.8 Å². The molecule has 1 aromatic carbocycles. The molecule has 0 heterocycles. The van der Waals surface area contributed by atoms with Crippen molar-refractivity contribution in [2.75, 3.05) is 6.54 Å². The highest BCUT2D eigenvalue weighted by Crippen LogP contribution is 2.15. The number of carbonyl (C=O) groups is 1. The molecule has 1 N–H and O–H groups in total. The fraction of sp³-hybridized carbons (Fsp3) is 0.462. The molecule has 0 aliphatic carbocycles. The maximum atomic E-state index is 12.4. The van der Waals surface area contributed by atoms with Crippen molar-refractivity contribution in [3.63, 3.8) is 0 Å². The van der Waals surface area contributed by atoms with E-state index in [-0.39, 0.29) is 11.9 Å². The van der Waals surface area contributed by atoms with Crippen LogP contribution in [0.5, 0.6) is 0 Å². The van der Waals surface area contributed by atoms with Crippen LogP contribution in [0.1, 0.15) is 31.1 Å². The Morgan fingerprint density at radius 3 is 2.41 bits per heavy atom. The van der Waals surface area contributed by atoms with E-state index >= 15 is 0 Å². The third-order valence-corrected chi connectivity index (χ3v) is 3.39. The SMILES string of the molecule is CC(O)CN(C(=O)c1ccccc1I)C(C)C. The van der Waals surface area contributed by atoms with Crippen LogP contribution in [0.15, 0.2) is 24.3 Å². The first-order chi connectivity index (χ1) is 7.93. The molecule has 4 heteroatoms. The van der Waals surface area contributed by atoms with Gasteiger partial charge in [0.15, 0.2) is 0 Å². The normalized spacial score (nSPS) is 12.6. The van der Waals surface area contributed by atoms with Crippen molar-refractivity contribution >= 4 is 28.5 Å². The van der Waals surface area contributed by atoms with Crippen LogP contribution in [0, 0.1) is 3.57 Å². The molecule has 94 valence electrons. The van der Waals surface area contributed by atoms with Gasteiger partial charge < -0.3 is 10.0 Å². The lowest BCUT2D eigenvalue weighted by atomic mass is 10.1. The molecule has 17 heavy (non-hydrogen) atoms. The number of nitrogens with zero attached hydrogens (tertiary/aromatic N) is 1. The Balaban J connectivity index is 2.96. The maximum absolute atomic E-state index is 12.4. The summed E-state index contributed by atoms with van der Waals surface area (Å²) < 4.78 is 0.936. The molecular formula is C13H18INO2. The first kappa shape index (κ1) is 14.4. The Bertz CT molecular complexity index is 391. The number of hydrogen-bond donors (Lipinski definition) is 1. The third kappa shape index (κ3) is 3.96. The van der Waals surface area contributed by atoms with Crippen LogP contribution < -0.4 is 0 Å². The van der Waals surface area contributed by atoms with Crippen molar-refractivity contribution in [3.05, 3.63) is 33.4 Å². The monoisotopic (exact) mass is 347 g/mol. The van der Waals surface area contributed by atoms with Crippen molar-refractivity contribution < 1.29 is 9.90 Å². The largest absolute Gasteiger partial charge is 0.392 e. The van der Waals surface area contributed by atoms with E-state index in [1.807, 2.05) is 38.1 Å². The summed E-state index contributed by atoms with van der Waals surface area (Å²) in [6.07, 6.45) is -0.511. The van der Waals surface area contributed by atoms with Crippen molar-refractivity contribution in [3.8, 4) is 0 Å². The molecule has 0 saturated carbocycles. The number of halogens is 1. The average Bonchev–Trinajstić information content (AvgIpc) is 2.25. The average molecular weight is 347 g/mol. The number of hydrogen-bond acceptors (Lipinski definition) is 2. The summed E-state index contributed by atoms with van der Waals surface area (Å²) in [5, 5.41) is 9.44. The molecule has 0 fully saturated rings. The summed E-state index contributed by atoms with van der Waals surface area (Å²) in [4.78, 5) is 14.0. The number of aliphatic hydroxyl groups excluding tert-OH is 1. The molecule has 1 rings (SSSR count). The van der Waals surface area contributed by atoms with Gasteiger partial charge in [0.1, 0.15) is 0 Å². The smallest absolute Gasteiger partial charge is 0.255 e. The summed E-state index contributed by atoms with van der Waals surface area (Å²) >= 11 is 2.16. The second-order valence-electron chi connectivity index (χ2n) is 4.38. The Morgan fingerprint density at radius 2 is 1.94 bits per heavy atom. The van der Waals surface area contributed by atoms with E-state index in [1.165, 1.54) is 0 Å². The first-order valence-electron chi connectivity index (χ1n) is 5.67. The molecule has 3 nitrogen and oxygen atoms in total. The van der Waals surface area contributed by atoms with Gasteiger partial charge in [-0.05, 0) is 55.5 Å². The molecule has 0 radical (unpaired) electrons. The lowest BCUT2D eigenvalue weighted by Crippen LogP contribution is -2.41. The van der Waals surface area contributed by atoms with Crippen LogP contribution in [0.4, 0.5) is 0 Å². The number of amides is 1. The minimum Gasteiger partial charge on any atom is -0.392 e. The van der Waals surface area contributed by atoms with E-state index in [0.717, 1.165) is 3.57 Å². The standard InChI is InChI=1S/C13H18INO2/c1-9(2)15(8-10(3)16)13(17)11-6-4-5-7-12(11)14/h4-7,9-10,16H,8H2,1-3H3. The van der Waals surface area contributed by atoms with Gasteiger partial charge in [-0.15, -0.1) is 0 Å². The second kappa shape index (κ2) is 6.35. The van der Waals surface area contributed by atoms with Crippen LogP contribution in [0.25, 0.3) is 0 Å². The predicted molar refractivity (Wildman–Crippen MR) is 77.0 cm³/mol. The van der Waals surface area contributed by atoms with Gasteiger partial charge in [0, 0.05) is 16.2 Å². The molecule has 0 aliphatic rings. The van der Waals surface area contributed by atoms with E-state index in [2.05, 4.69) is 22.6 Å². The van der Waals surface area contributed by atoms with Gasteiger partial charge in [0.05, 0.1) is 11.7 Å². The number of carbonyl (C=O) groups excluding carboxylic acids is 1. The van der Waals surface area contributed by atoms with Crippen molar-refractivity contribution in [2.24, 2.45) is 0 Å². The van der Waals surface area contributed by atoms with Gasteiger partial charge in [-0.1, -0.05) is 12.1 Å². The molecule has 0 saturated heterocycles. The van der Waals surface area contributed by atoms with E-state index < -0.39 is 6.10 Å². The van der Waals surface area contributed by atoms with E-state index in [0.29, 0.717) is 12.1 Å². The van der Waals surface area contributed by atoms with Crippen LogP contribution >= 0.6 is 22.6 Å². The lowest BCUT2D eigenvalue weighted by molar-refractivity contribution is 0.0578. The fourth-order valence-corrected chi connectivity index (χ4v) is 2.22. The summed E-state index contributed by atoms with van der Waals surface area (Å²) in [6.45, 7) is 5.96. The third-order valence-electron chi connectivity index (χ3n) is 2.45. The van der Waals surface area contributed by atoms with Gasteiger partial charge in [-0.3, -0.25) is 4.79 Å². The highest BCUT2D eigenvalue weighted by molar-refractivity contribution is 14.1. The second-order valence-corrected chi connectivity index (χ2v) is 5.54. The number of rotatable bonds is 4. The Hall–Kier alpha value is -0.620. The van der Waals surface area contributed by atoms with Gasteiger partial charge in [-0.2, -0.15) is 0 Å².